The van der Waals surface area contributed by atoms with Crippen molar-refractivity contribution in [3.05, 3.63) is 66.4 Å². The first-order valence-electron chi connectivity index (χ1n) is 12.9. The minimum Gasteiger partial charge on any atom is -0.495 e. The number of nitrogens with zero attached hydrogens (tertiary/aromatic N) is 4. The molecular formula is C30H29N5O4. The van der Waals surface area contributed by atoms with Crippen LogP contribution in [0.25, 0.3) is 10.9 Å². The standard InChI is InChI=1S/C30H29N5O4/c1-34(26-15-21(17-31)32-24-6-4-3-5-23(24)26)22-11-12-27(39-2)25(16-22)33-30(38)20-9-7-19(8-10-20)18-35-28(36)13-14-29(35)37/h3-6,11-16,19-20H,7-10,18H2,1-2H3,(H,33,38). The van der Waals surface area contributed by atoms with Crippen molar-refractivity contribution in [2.75, 3.05) is 30.9 Å². The van der Waals surface area contributed by atoms with Gasteiger partial charge in [0.2, 0.25) is 5.91 Å². The van der Waals surface area contributed by atoms with Crippen LogP contribution in [0.5, 0.6) is 5.75 Å². The fraction of sp³-hybridized carbons (Fsp3) is 0.300. The summed E-state index contributed by atoms with van der Waals surface area (Å²) in [5.74, 6) is -0.0341. The van der Waals surface area contributed by atoms with Crippen LogP contribution in [0.1, 0.15) is 31.4 Å². The number of fused-ring (bicyclic) bond motifs is 1. The van der Waals surface area contributed by atoms with Crippen molar-refractivity contribution in [1.82, 2.24) is 9.88 Å². The third-order valence-electron chi connectivity index (χ3n) is 7.56. The highest BCUT2D eigenvalue weighted by Crippen LogP contribution is 2.37. The Hall–Kier alpha value is -4.71. The highest BCUT2D eigenvalue weighted by molar-refractivity contribution is 6.12. The number of anilines is 3. The number of nitriles is 1. The first-order valence-corrected chi connectivity index (χ1v) is 12.9. The van der Waals surface area contributed by atoms with Crippen molar-refractivity contribution in [3.8, 4) is 11.8 Å². The molecule has 0 spiro atoms. The lowest BCUT2D eigenvalue weighted by atomic mass is 9.81. The van der Waals surface area contributed by atoms with Crippen molar-refractivity contribution in [2.45, 2.75) is 25.7 Å². The minimum absolute atomic E-state index is 0.0809. The molecule has 1 aliphatic carbocycles. The quantitative estimate of drug-likeness (QED) is 0.452. The molecule has 3 amide bonds. The Morgan fingerprint density at radius 2 is 1.82 bits per heavy atom. The molecule has 1 N–H and O–H groups in total. The Balaban J connectivity index is 1.30. The van der Waals surface area contributed by atoms with Crippen LogP contribution in [0.2, 0.25) is 0 Å². The molecule has 0 radical (unpaired) electrons. The first kappa shape index (κ1) is 25.9. The molecule has 1 saturated carbocycles. The molecule has 0 atom stereocenters. The van der Waals surface area contributed by atoms with E-state index in [9.17, 15) is 19.6 Å². The molecule has 9 nitrogen and oxygen atoms in total. The number of rotatable bonds is 7. The zero-order chi connectivity index (χ0) is 27.5. The van der Waals surface area contributed by atoms with Crippen LogP contribution in [0.15, 0.2) is 60.7 Å². The van der Waals surface area contributed by atoms with E-state index in [0.29, 0.717) is 36.5 Å². The van der Waals surface area contributed by atoms with Crippen LogP contribution in [-0.2, 0) is 14.4 Å². The second-order valence-electron chi connectivity index (χ2n) is 9.93. The molecular weight excluding hydrogens is 494 g/mol. The van der Waals surface area contributed by atoms with Gasteiger partial charge >= 0.3 is 0 Å². The lowest BCUT2D eigenvalue weighted by molar-refractivity contribution is -0.138. The van der Waals surface area contributed by atoms with E-state index in [4.69, 9.17) is 4.74 Å². The van der Waals surface area contributed by atoms with E-state index in [-0.39, 0.29) is 29.6 Å². The van der Waals surface area contributed by atoms with Gasteiger partial charge in [-0.25, -0.2) is 4.98 Å². The number of hydrogen-bond acceptors (Lipinski definition) is 7. The van der Waals surface area contributed by atoms with E-state index >= 15 is 0 Å². The summed E-state index contributed by atoms with van der Waals surface area (Å²) in [7, 11) is 3.47. The van der Waals surface area contributed by atoms with Crippen molar-refractivity contribution in [3.63, 3.8) is 0 Å². The molecule has 39 heavy (non-hydrogen) atoms. The van der Waals surface area contributed by atoms with Crippen LogP contribution in [0, 0.1) is 23.2 Å². The van der Waals surface area contributed by atoms with Crippen LogP contribution >= 0.6 is 0 Å². The average molecular weight is 524 g/mol. The molecule has 0 bridgehead atoms. The molecule has 3 aromatic rings. The van der Waals surface area contributed by atoms with Crippen LogP contribution in [-0.4, -0.2) is 48.3 Å². The number of methoxy groups -OCH3 is 1. The number of hydrogen-bond donors (Lipinski definition) is 1. The van der Waals surface area contributed by atoms with E-state index in [1.54, 1.807) is 13.2 Å². The SMILES string of the molecule is COc1ccc(N(C)c2cc(C#N)nc3ccccc23)cc1NC(=O)C1CCC(CN2C(=O)C=CC2=O)CC1. The Kier molecular flexibility index (Phi) is 7.28. The maximum Gasteiger partial charge on any atom is 0.253 e. The van der Waals surface area contributed by atoms with Gasteiger partial charge in [-0.1, -0.05) is 18.2 Å². The molecule has 5 rings (SSSR count). The summed E-state index contributed by atoms with van der Waals surface area (Å²) >= 11 is 0. The molecule has 2 heterocycles. The average Bonchev–Trinajstić information content (AvgIpc) is 3.28. The zero-order valence-electron chi connectivity index (χ0n) is 21.9. The van der Waals surface area contributed by atoms with Gasteiger partial charge in [-0.3, -0.25) is 19.3 Å². The van der Waals surface area contributed by atoms with Crippen molar-refractivity contribution >= 4 is 45.7 Å². The molecule has 9 heteroatoms. The molecule has 198 valence electrons. The number of imide groups is 1. The topological polar surface area (TPSA) is 116 Å². The largest absolute Gasteiger partial charge is 0.495 e. The highest BCUT2D eigenvalue weighted by atomic mass is 16.5. The summed E-state index contributed by atoms with van der Waals surface area (Å²) in [6.07, 6.45) is 5.51. The van der Waals surface area contributed by atoms with Crippen molar-refractivity contribution in [2.24, 2.45) is 11.8 Å². The van der Waals surface area contributed by atoms with Gasteiger partial charge in [0.25, 0.3) is 11.8 Å². The van der Waals surface area contributed by atoms with E-state index in [2.05, 4.69) is 16.4 Å². The number of pyridine rings is 1. The summed E-state index contributed by atoms with van der Waals surface area (Å²) in [5, 5.41) is 13.5. The first-order chi connectivity index (χ1) is 18.9. The summed E-state index contributed by atoms with van der Waals surface area (Å²) in [4.78, 5) is 44.6. The molecule has 2 aromatic carbocycles. The number of benzene rings is 2. The monoisotopic (exact) mass is 523 g/mol. The number of amides is 3. The molecule has 2 aliphatic rings. The normalized spacial score (nSPS) is 18.7. The number of para-hydroxylation sites is 1. The van der Waals surface area contributed by atoms with Gasteiger partial charge in [0.1, 0.15) is 17.5 Å². The Bertz CT molecular complexity index is 1500. The predicted octanol–water partition coefficient (Wildman–Crippen LogP) is 4.55. The summed E-state index contributed by atoms with van der Waals surface area (Å²) in [6.45, 7) is 0.401. The van der Waals surface area contributed by atoms with Gasteiger partial charge in [-0.05, 0) is 61.9 Å². The number of ether oxygens (including phenoxy) is 1. The second kappa shape index (κ2) is 11.0. The Labute approximate surface area is 226 Å². The third kappa shape index (κ3) is 5.32. The second-order valence-corrected chi connectivity index (χ2v) is 9.93. The lowest BCUT2D eigenvalue weighted by Crippen LogP contribution is -2.37. The maximum absolute atomic E-state index is 13.2. The molecule has 0 saturated heterocycles. The van der Waals surface area contributed by atoms with Crippen molar-refractivity contribution in [1.29, 1.82) is 5.26 Å². The van der Waals surface area contributed by atoms with Gasteiger partial charge < -0.3 is 15.0 Å². The van der Waals surface area contributed by atoms with E-state index < -0.39 is 0 Å². The molecule has 0 unspecified atom stereocenters. The Morgan fingerprint density at radius 1 is 1.10 bits per heavy atom. The number of aromatic nitrogens is 1. The van der Waals surface area contributed by atoms with E-state index in [0.717, 1.165) is 35.1 Å². The summed E-state index contributed by atoms with van der Waals surface area (Å²) in [6, 6.07) is 17.1. The van der Waals surface area contributed by atoms with Gasteiger partial charge in [-0.15, -0.1) is 0 Å². The fourth-order valence-electron chi connectivity index (χ4n) is 5.34. The fourth-order valence-corrected chi connectivity index (χ4v) is 5.34. The van der Waals surface area contributed by atoms with Gasteiger partial charge in [0.05, 0.1) is 24.0 Å². The van der Waals surface area contributed by atoms with Gasteiger partial charge in [0, 0.05) is 42.7 Å². The van der Waals surface area contributed by atoms with E-state index in [1.165, 1.54) is 17.1 Å². The van der Waals surface area contributed by atoms with E-state index in [1.807, 2.05) is 54.4 Å². The summed E-state index contributed by atoms with van der Waals surface area (Å²) in [5.41, 5.74) is 3.24. The number of carbonyl (C=O) groups excluding carboxylic acids is 3. The van der Waals surface area contributed by atoms with Crippen LogP contribution in [0.3, 0.4) is 0 Å². The smallest absolute Gasteiger partial charge is 0.253 e. The third-order valence-corrected chi connectivity index (χ3v) is 7.56. The number of nitrogens with one attached hydrogen (secondary N) is 1. The summed E-state index contributed by atoms with van der Waals surface area (Å²) < 4.78 is 5.53. The Morgan fingerprint density at radius 3 is 2.51 bits per heavy atom. The highest BCUT2D eigenvalue weighted by Gasteiger charge is 2.31. The van der Waals surface area contributed by atoms with Gasteiger partial charge in [0.15, 0.2) is 0 Å². The van der Waals surface area contributed by atoms with Gasteiger partial charge in [-0.2, -0.15) is 5.26 Å². The molecule has 1 aliphatic heterocycles. The minimum atomic E-state index is -0.263. The lowest BCUT2D eigenvalue weighted by Gasteiger charge is -2.30. The van der Waals surface area contributed by atoms with Crippen LogP contribution in [0.4, 0.5) is 17.1 Å². The van der Waals surface area contributed by atoms with Crippen LogP contribution < -0.4 is 15.0 Å². The number of carbonyl (C=O) groups is 3. The maximum atomic E-state index is 13.2. The molecule has 1 aromatic heterocycles. The molecule has 1 fully saturated rings. The predicted molar refractivity (Wildman–Crippen MR) is 147 cm³/mol. The van der Waals surface area contributed by atoms with Crippen molar-refractivity contribution < 1.29 is 19.1 Å². The zero-order valence-corrected chi connectivity index (χ0v) is 21.9.